The van der Waals surface area contributed by atoms with Crippen LogP contribution in [0.25, 0.3) is 10.9 Å². The molecule has 9 amide bonds. The number of hydrogen-bond acceptors (Lipinski definition) is 11. The number of nitrogens with one attached hydrogen (secondary N) is 10. The lowest BCUT2D eigenvalue weighted by Gasteiger charge is -2.28. The number of guanidine groups is 1. The number of aromatic amines is 2. The lowest BCUT2D eigenvalue weighted by Crippen LogP contribution is -2.61. The number of nitrogens with two attached hydrogens (primary N) is 3. The summed E-state index contributed by atoms with van der Waals surface area (Å²) in [6, 6.07) is 2.62. The molecule has 1 unspecified atom stereocenters. The van der Waals surface area contributed by atoms with Crippen molar-refractivity contribution in [1.29, 1.82) is 0 Å². The van der Waals surface area contributed by atoms with Crippen LogP contribution in [-0.4, -0.2) is 129 Å². The number of carbonyl (C=O) groups is 9. The van der Waals surface area contributed by atoms with Crippen molar-refractivity contribution in [3.05, 3.63) is 89.9 Å². The molecule has 0 spiro atoms. The van der Waals surface area contributed by atoms with E-state index < -0.39 is 108 Å². The number of imidazole rings is 1. The van der Waals surface area contributed by atoms with Crippen LogP contribution in [0.5, 0.6) is 0 Å². The van der Waals surface area contributed by atoms with E-state index in [0.717, 1.165) is 23.0 Å². The average Bonchev–Trinajstić information content (AvgIpc) is 4.04. The molecule has 2 aromatic heterocycles. The van der Waals surface area contributed by atoms with Crippen LogP contribution in [0.3, 0.4) is 0 Å². The van der Waals surface area contributed by atoms with Gasteiger partial charge in [-0.25, -0.2) is 9.37 Å². The fourth-order valence-corrected chi connectivity index (χ4v) is 8.40. The molecule has 4 aromatic rings. The molecule has 7 atom stereocenters. The van der Waals surface area contributed by atoms with E-state index in [9.17, 15) is 47.5 Å². The molecule has 5 rings (SSSR count). The third-order valence-electron chi connectivity index (χ3n) is 12.4. The molecule has 1 saturated heterocycles. The quantitative estimate of drug-likeness (QED) is 0.0340. The zero-order chi connectivity index (χ0) is 54.4. The van der Waals surface area contributed by atoms with Crippen molar-refractivity contribution in [3.8, 4) is 0 Å². The van der Waals surface area contributed by atoms with Crippen LogP contribution in [0.4, 0.5) is 4.39 Å². The Morgan fingerprint density at radius 3 is 2.11 bits per heavy atom. The van der Waals surface area contributed by atoms with Gasteiger partial charge in [-0.05, 0) is 67.9 Å². The number of carbonyl (C=O) groups excluding carboxylic acids is 9. The van der Waals surface area contributed by atoms with Gasteiger partial charge in [0.25, 0.3) is 0 Å². The van der Waals surface area contributed by atoms with E-state index in [1.54, 1.807) is 12.3 Å². The number of fused-ring (bicyclic) bond motifs is 1. The molecule has 404 valence electrons. The minimum Gasteiger partial charge on any atom is -0.370 e. The standard InChI is InChI=1S/C50H68FN15O9/c1-3-4-11-36(60-28(2)67)44(70)66-41-24-42(68)56-19-8-7-13-35(43(52)69)61-47(73)39(22-30-25-58-34-12-6-5-10-33(30)34)64-45(71)37(14-9-20-57-50(53)54)62-46(72)38(21-29-15-17-31(51)18-16-29)63-48(74)40(65-49(41)75)23-32-26-55-27-59-32/h5-6,10,12,15-18,25-27,35-41,58H,3-4,7-9,11,13-14,19-24H2,1-2H3,(H2,52,69)(H,55,59)(H,56,68)(H,60,67)(H,61,73)(H,62,72)(H,63,74)(H,64,71)(H,65,75)(H,66,70)(H4,53,54,57)/t35-,36-,37?,38+,39-,40-,41-/m0/s1. The number of para-hydroxylation sites is 1. The lowest BCUT2D eigenvalue weighted by molar-refractivity contribution is -0.136. The van der Waals surface area contributed by atoms with Crippen molar-refractivity contribution in [2.45, 2.75) is 133 Å². The van der Waals surface area contributed by atoms with Crippen LogP contribution in [0.15, 0.2) is 72.2 Å². The Morgan fingerprint density at radius 1 is 0.787 bits per heavy atom. The molecule has 1 aliphatic heterocycles. The number of unbranched alkanes of at least 4 members (excludes halogenated alkanes) is 1. The van der Waals surface area contributed by atoms with Gasteiger partial charge in [0.2, 0.25) is 53.2 Å². The number of hydrogen-bond donors (Lipinski definition) is 13. The first kappa shape index (κ1) is 57.5. The molecule has 75 heavy (non-hydrogen) atoms. The summed E-state index contributed by atoms with van der Waals surface area (Å²) in [5.74, 6) is -8.08. The van der Waals surface area contributed by atoms with Gasteiger partial charge >= 0.3 is 0 Å². The molecule has 24 nitrogen and oxygen atoms in total. The van der Waals surface area contributed by atoms with Gasteiger partial charge in [-0.2, -0.15) is 0 Å². The second kappa shape index (κ2) is 28.8. The maximum absolute atomic E-state index is 14.7. The van der Waals surface area contributed by atoms with Crippen LogP contribution in [0.2, 0.25) is 0 Å². The molecule has 0 radical (unpaired) electrons. The third kappa shape index (κ3) is 18.6. The zero-order valence-corrected chi connectivity index (χ0v) is 42.0. The molecule has 0 saturated carbocycles. The summed E-state index contributed by atoms with van der Waals surface area (Å²) in [5.41, 5.74) is 19.0. The normalized spacial score (nSPS) is 21.2. The first-order valence-electron chi connectivity index (χ1n) is 24.9. The minimum atomic E-state index is -1.61. The maximum Gasteiger partial charge on any atom is 0.243 e. The number of benzene rings is 2. The van der Waals surface area contributed by atoms with Crippen molar-refractivity contribution in [1.82, 2.24) is 57.5 Å². The fraction of sp³-hybridized carbons (Fsp3) is 0.460. The Kier molecular flexibility index (Phi) is 22.1. The van der Waals surface area contributed by atoms with Gasteiger partial charge in [0, 0.05) is 68.3 Å². The Labute approximate surface area is 432 Å². The summed E-state index contributed by atoms with van der Waals surface area (Å²) in [5, 5.41) is 22.0. The molecular formula is C50H68FN15O9. The number of nitrogens with zero attached hydrogens (tertiary/aromatic N) is 2. The Bertz CT molecular complexity index is 2640. The molecule has 3 heterocycles. The highest BCUT2D eigenvalue weighted by molar-refractivity contribution is 5.99. The molecule has 1 fully saturated rings. The lowest BCUT2D eigenvalue weighted by atomic mass is 10.0. The summed E-state index contributed by atoms with van der Waals surface area (Å²) >= 11 is 0. The predicted octanol–water partition coefficient (Wildman–Crippen LogP) is -1.11. The van der Waals surface area contributed by atoms with Crippen molar-refractivity contribution in [2.75, 3.05) is 13.1 Å². The summed E-state index contributed by atoms with van der Waals surface area (Å²) in [4.78, 5) is 139. The third-order valence-corrected chi connectivity index (χ3v) is 12.4. The highest BCUT2D eigenvalue weighted by Gasteiger charge is 2.35. The monoisotopic (exact) mass is 1040 g/mol. The van der Waals surface area contributed by atoms with E-state index in [1.807, 2.05) is 25.1 Å². The van der Waals surface area contributed by atoms with Crippen LogP contribution in [-0.2, 0) is 62.4 Å². The van der Waals surface area contributed by atoms with E-state index in [2.05, 4.69) is 62.5 Å². The summed E-state index contributed by atoms with van der Waals surface area (Å²) < 4.78 is 14.2. The SMILES string of the molecule is CCCC[C@H](NC(C)=O)C(=O)N[C@H]1CC(=O)NCCCC[C@@H](C(N)=O)NC(=O)[C@H](Cc2c[nH]c3ccccc23)NC(=O)C(CCCN=C(N)N)NC(=O)[C@@H](Cc2ccc(F)cc2)NC(=O)[C@H](Cc2cnc[nH]2)NC1=O. The Morgan fingerprint density at radius 2 is 1.44 bits per heavy atom. The Balaban J connectivity index is 1.56. The zero-order valence-electron chi connectivity index (χ0n) is 42.0. The van der Waals surface area contributed by atoms with Gasteiger partial charge in [0.1, 0.15) is 48.1 Å². The van der Waals surface area contributed by atoms with Gasteiger partial charge in [-0.1, -0.05) is 50.1 Å². The first-order valence-corrected chi connectivity index (χ1v) is 24.9. The van der Waals surface area contributed by atoms with Crippen LogP contribution in [0.1, 0.15) is 88.5 Å². The van der Waals surface area contributed by atoms with Crippen molar-refractivity contribution in [2.24, 2.45) is 22.2 Å². The van der Waals surface area contributed by atoms with Crippen LogP contribution < -0.4 is 59.7 Å². The van der Waals surface area contributed by atoms with Crippen LogP contribution in [0, 0.1) is 5.82 Å². The number of aromatic nitrogens is 3. The van der Waals surface area contributed by atoms with Crippen molar-refractivity contribution >= 4 is 70.0 Å². The van der Waals surface area contributed by atoms with E-state index >= 15 is 0 Å². The number of H-pyrrole nitrogens is 2. The summed E-state index contributed by atoms with van der Waals surface area (Å²) in [6.45, 7) is 3.17. The van der Waals surface area contributed by atoms with E-state index in [1.165, 1.54) is 31.6 Å². The molecule has 16 N–H and O–H groups in total. The number of aliphatic imine (C=N–C) groups is 1. The second-order valence-corrected chi connectivity index (χ2v) is 18.3. The molecule has 2 aromatic carbocycles. The minimum absolute atomic E-state index is 0.0196. The molecular weight excluding hydrogens is 974 g/mol. The van der Waals surface area contributed by atoms with Crippen molar-refractivity contribution < 1.29 is 47.5 Å². The summed E-state index contributed by atoms with van der Waals surface area (Å²) in [7, 11) is 0. The smallest absolute Gasteiger partial charge is 0.243 e. The van der Waals surface area contributed by atoms with E-state index in [4.69, 9.17) is 17.2 Å². The van der Waals surface area contributed by atoms with Crippen molar-refractivity contribution in [3.63, 3.8) is 0 Å². The fourth-order valence-electron chi connectivity index (χ4n) is 8.40. The van der Waals surface area contributed by atoms with Gasteiger partial charge in [-0.3, -0.25) is 48.1 Å². The number of primary amides is 1. The highest BCUT2D eigenvalue weighted by Crippen LogP contribution is 2.20. The van der Waals surface area contributed by atoms with Crippen LogP contribution >= 0.6 is 0 Å². The van der Waals surface area contributed by atoms with Gasteiger partial charge in [-0.15, -0.1) is 0 Å². The van der Waals surface area contributed by atoms with E-state index in [-0.39, 0.29) is 76.8 Å². The first-order chi connectivity index (χ1) is 35.9. The molecule has 0 bridgehead atoms. The van der Waals surface area contributed by atoms with E-state index in [0.29, 0.717) is 29.7 Å². The topological polar surface area (TPSA) is 385 Å². The summed E-state index contributed by atoms with van der Waals surface area (Å²) in [6.07, 6.45) is 5.15. The molecule has 1 aliphatic rings. The van der Waals surface area contributed by atoms with Gasteiger partial charge < -0.3 is 69.7 Å². The largest absolute Gasteiger partial charge is 0.370 e. The highest BCUT2D eigenvalue weighted by atomic mass is 19.1. The predicted molar refractivity (Wildman–Crippen MR) is 274 cm³/mol. The number of amides is 9. The Hall–Kier alpha value is -8.38. The van der Waals surface area contributed by atoms with Gasteiger partial charge in [0.15, 0.2) is 5.96 Å². The maximum atomic E-state index is 14.7. The second-order valence-electron chi connectivity index (χ2n) is 18.3. The number of halogens is 1. The molecule has 25 heteroatoms. The number of rotatable bonds is 17. The molecule has 0 aliphatic carbocycles. The van der Waals surface area contributed by atoms with Gasteiger partial charge in [0.05, 0.1) is 12.7 Å². The average molecular weight is 1040 g/mol.